The van der Waals surface area contributed by atoms with Gasteiger partial charge in [-0.05, 0) is 43.3 Å². The molecule has 126 valence electrons. The van der Waals surface area contributed by atoms with E-state index in [0.29, 0.717) is 31.9 Å². The Bertz CT molecular complexity index is 683. The predicted molar refractivity (Wildman–Crippen MR) is 87.5 cm³/mol. The summed E-state index contributed by atoms with van der Waals surface area (Å²) >= 11 is 0. The van der Waals surface area contributed by atoms with Gasteiger partial charge >= 0.3 is 0 Å². The van der Waals surface area contributed by atoms with Gasteiger partial charge in [-0.25, -0.2) is 4.39 Å². The molecule has 0 saturated carbocycles. The maximum absolute atomic E-state index is 12.8. The molecule has 2 heterocycles. The van der Waals surface area contributed by atoms with E-state index in [1.807, 2.05) is 19.1 Å². The number of piperazine rings is 1. The van der Waals surface area contributed by atoms with Gasteiger partial charge in [0.25, 0.3) is 5.91 Å². The van der Waals surface area contributed by atoms with Gasteiger partial charge in [-0.2, -0.15) is 5.10 Å². The minimum absolute atomic E-state index is 0.0457. The summed E-state index contributed by atoms with van der Waals surface area (Å²) in [6.45, 7) is 4.49. The topological polar surface area (TPSA) is 58.6 Å². The molecule has 0 unspecified atom stereocenters. The van der Waals surface area contributed by atoms with Gasteiger partial charge in [0.05, 0.1) is 5.69 Å². The van der Waals surface area contributed by atoms with Crippen molar-refractivity contribution in [1.29, 1.82) is 0 Å². The Morgan fingerprint density at radius 2 is 1.79 bits per heavy atom. The summed E-state index contributed by atoms with van der Waals surface area (Å²) in [5.74, 6) is 0.909. The smallest absolute Gasteiger partial charge is 0.260 e. The monoisotopic (exact) mass is 330 g/mol. The molecular formula is C17H19FN4O2. The highest BCUT2D eigenvalue weighted by atomic mass is 19.1. The van der Waals surface area contributed by atoms with Crippen molar-refractivity contribution < 1.29 is 13.9 Å². The third-order valence-corrected chi connectivity index (χ3v) is 3.92. The van der Waals surface area contributed by atoms with Crippen LogP contribution in [0.5, 0.6) is 5.75 Å². The number of halogens is 1. The zero-order chi connectivity index (χ0) is 16.9. The van der Waals surface area contributed by atoms with E-state index in [2.05, 4.69) is 15.1 Å². The number of ether oxygens (including phenoxy) is 1. The number of rotatable bonds is 4. The minimum atomic E-state index is -0.330. The first kappa shape index (κ1) is 16.2. The summed E-state index contributed by atoms with van der Waals surface area (Å²) in [7, 11) is 0. The quantitative estimate of drug-likeness (QED) is 0.853. The van der Waals surface area contributed by atoms with Crippen LogP contribution in [0.1, 0.15) is 5.69 Å². The number of aromatic nitrogens is 2. The highest BCUT2D eigenvalue weighted by Gasteiger charge is 2.22. The fourth-order valence-corrected chi connectivity index (χ4v) is 2.51. The number of amides is 1. The first-order valence-electron chi connectivity index (χ1n) is 7.83. The Labute approximate surface area is 139 Å². The van der Waals surface area contributed by atoms with Crippen LogP contribution in [-0.4, -0.2) is 53.8 Å². The molecule has 0 spiro atoms. The maximum Gasteiger partial charge on any atom is 0.260 e. The largest absolute Gasteiger partial charge is 0.484 e. The Morgan fingerprint density at radius 3 is 2.42 bits per heavy atom. The van der Waals surface area contributed by atoms with E-state index in [-0.39, 0.29) is 18.3 Å². The average Bonchev–Trinajstić information content (AvgIpc) is 2.62. The van der Waals surface area contributed by atoms with Gasteiger partial charge in [0.2, 0.25) is 0 Å². The fourth-order valence-electron chi connectivity index (χ4n) is 2.51. The van der Waals surface area contributed by atoms with E-state index >= 15 is 0 Å². The Balaban J connectivity index is 1.48. The lowest BCUT2D eigenvalue weighted by Gasteiger charge is -2.35. The molecule has 1 aromatic carbocycles. The molecule has 1 aliphatic rings. The van der Waals surface area contributed by atoms with Crippen LogP contribution in [0.4, 0.5) is 10.2 Å². The van der Waals surface area contributed by atoms with Crippen LogP contribution in [0, 0.1) is 12.7 Å². The fraction of sp³-hybridized carbons (Fsp3) is 0.353. The summed E-state index contributed by atoms with van der Waals surface area (Å²) in [5, 5.41) is 8.23. The molecule has 6 nitrogen and oxygen atoms in total. The summed E-state index contributed by atoms with van der Waals surface area (Å²) in [6.07, 6.45) is 0. The lowest BCUT2D eigenvalue weighted by atomic mass is 10.3. The number of anilines is 1. The molecule has 1 amide bonds. The first-order chi connectivity index (χ1) is 11.6. The molecule has 1 aliphatic heterocycles. The first-order valence-corrected chi connectivity index (χ1v) is 7.83. The number of aryl methyl sites for hydroxylation is 1. The van der Waals surface area contributed by atoms with Crippen LogP contribution in [-0.2, 0) is 4.79 Å². The molecule has 1 saturated heterocycles. The van der Waals surface area contributed by atoms with Crippen molar-refractivity contribution in [2.24, 2.45) is 0 Å². The average molecular weight is 330 g/mol. The van der Waals surface area contributed by atoms with Gasteiger partial charge in [0.1, 0.15) is 11.6 Å². The highest BCUT2D eigenvalue weighted by Crippen LogP contribution is 2.14. The third kappa shape index (κ3) is 3.98. The zero-order valence-corrected chi connectivity index (χ0v) is 13.5. The summed E-state index contributed by atoms with van der Waals surface area (Å²) in [5.41, 5.74) is 0.880. The molecule has 2 aromatic rings. The van der Waals surface area contributed by atoms with Crippen molar-refractivity contribution in [2.75, 3.05) is 37.7 Å². The van der Waals surface area contributed by atoms with Gasteiger partial charge in [0, 0.05) is 26.2 Å². The summed E-state index contributed by atoms with van der Waals surface area (Å²) < 4.78 is 18.2. The number of hydrogen-bond donors (Lipinski definition) is 0. The van der Waals surface area contributed by atoms with E-state index in [4.69, 9.17) is 4.74 Å². The predicted octanol–water partition coefficient (Wildman–Crippen LogP) is 1.65. The molecule has 7 heteroatoms. The van der Waals surface area contributed by atoms with Crippen molar-refractivity contribution in [2.45, 2.75) is 6.92 Å². The Kier molecular flexibility index (Phi) is 4.88. The van der Waals surface area contributed by atoms with E-state index < -0.39 is 0 Å². The van der Waals surface area contributed by atoms with Crippen LogP contribution in [0.25, 0.3) is 0 Å². The number of carbonyl (C=O) groups excluding carboxylic acids is 1. The van der Waals surface area contributed by atoms with E-state index in [0.717, 1.165) is 11.5 Å². The number of carbonyl (C=O) groups is 1. The molecule has 0 aliphatic carbocycles. The highest BCUT2D eigenvalue weighted by molar-refractivity contribution is 5.78. The second-order valence-corrected chi connectivity index (χ2v) is 5.64. The molecular weight excluding hydrogens is 311 g/mol. The number of nitrogens with zero attached hydrogens (tertiary/aromatic N) is 4. The van der Waals surface area contributed by atoms with Crippen molar-refractivity contribution in [3.8, 4) is 5.75 Å². The molecule has 0 N–H and O–H groups in total. The van der Waals surface area contributed by atoms with Gasteiger partial charge < -0.3 is 14.5 Å². The normalized spacial score (nSPS) is 14.6. The molecule has 0 bridgehead atoms. The van der Waals surface area contributed by atoms with Crippen molar-refractivity contribution in [1.82, 2.24) is 15.1 Å². The van der Waals surface area contributed by atoms with Gasteiger partial charge in [-0.3, -0.25) is 4.79 Å². The minimum Gasteiger partial charge on any atom is -0.484 e. The molecule has 0 radical (unpaired) electrons. The molecule has 1 fully saturated rings. The Morgan fingerprint density at radius 1 is 1.08 bits per heavy atom. The number of benzene rings is 1. The lowest BCUT2D eigenvalue weighted by molar-refractivity contribution is -0.133. The van der Waals surface area contributed by atoms with Crippen molar-refractivity contribution in [3.63, 3.8) is 0 Å². The van der Waals surface area contributed by atoms with Gasteiger partial charge in [0.15, 0.2) is 12.4 Å². The lowest BCUT2D eigenvalue weighted by Crippen LogP contribution is -2.50. The maximum atomic E-state index is 12.8. The summed E-state index contributed by atoms with van der Waals surface area (Å²) in [6, 6.07) is 9.50. The van der Waals surface area contributed by atoms with Crippen molar-refractivity contribution in [3.05, 3.63) is 47.9 Å². The van der Waals surface area contributed by atoms with Crippen LogP contribution < -0.4 is 9.64 Å². The van der Waals surface area contributed by atoms with Crippen LogP contribution in [0.3, 0.4) is 0 Å². The summed E-state index contributed by atoms with van der Waals surface area (Å²) in [4.78, 5) is 16.1. The second-order valence-electron chi connectivity index (χ2n) is 5.64. The molecule has 24 heavy (non-hydrogen) atoms. The van der Waals surface area contributed by atoms with E-state index in [1.165, 1.54) is 24.3 Å². The number of hydrogen-bond acceptors (Lipinski definition) is 5. The van der Waals surface area contributed by atoms with Crippen molar-refractivity contribution >= 4 is 11.7 Å². The SMILES string of the molecule is Cc1ccc(N2CCN(C(=O)COc3ccc(F)cc3)CC2)nn1. The van der Waals surface area contributed by atoms with Gasteiger partial charge in [-0.15, -0.1) is 5.10 Å². The van der Waals surface area contributed by atoms with Crippen LogP contribution >= 0.6 is 0 Å². The standard InChI is InChI=1S/C17H19FN4O2/c1-13-2-7-16(20-19-13)21-8-10-22(11-9-21)17(23)12-24-15-5-3-14(18)4-6-15/h2-7H,8-12H2,1H3. The second kappa shape index (κ2) is 7.25. The Hall–Kier alpha value is -2.70. The van der Waals surface area contributed by atoms with E-state index in [9.17, 15) is 9.18 Å². The van der Waals surface area contributed by atoms with Gasteiger partial charge in [-0.1, -0.05) is 0 Å². The van der Waals surface area contributed by atoms with E-state index in [1.54, 1.807) is 4.90 Å². The molecule has 0 atom stereocenters. The van der Waals surface area contributed by atoms with Crippen LogP contribution in [0.2, 0.25) is 0 Å². The zero-order valence-electron chi connectivity index (χ0n) is 13.5. The molecule has 1 aromatic heterocycles. The molecule has 3 rings (SSSR count). The van der Waals surface area contributed by atoms with Crippen LogP contribution in [0.15, 0.2) is 36.4 Å². The third-order valence-electron chi connectivity index (χ3n) is 3.92.